The van der Waals surface area contributed by atoms with Gasteiger partial charge in [-0.3, -0.25) is 0 Å². The number of hydrogen-bond donors (Lipinski definition) is 1. The van der Waals surface area contributed by atoms with Crippen LogP contribution in [0.5, 0.6) is 0 Å². The molecular weight excluding hydrogens is 88.1 g/mol. The maximum Gasteiger partial charge on any atom is 0.0174 e. The summed E-state index contributed by atoms with van der Waals surface area (Å²) in [6.45, 7) is 0.927. The summed E-state index contributed by atoms with van der Waals surface area (Å²) in [5, 5.41) is 0. The zero-order valence-corrected chi connectivity index (χ0v) is 4.89. The van der Waals surface area contributed by atoms with Crippen molar-refractivity contribution < 1.29 is 0 Å². The molecule has 0 aliphatic heterocycles. The average molecular weight is 100 g/mol. The first-order valence-electron chi connectivity index (χ1n) is 2.29. The van der Waals surface area contributed by atoms with Crippen LogP contribution in [-0.4, -0.2) is 25.5 Å². The summed E-state index contributed by atoms with van der Waals surface area (Å²) in [5.74, 6) is 0. The number of hydrogen-bond acceptors (Lipinski definition) is 2. The molecule has 0 fully saturated rings. The average Bonchev–Trinajstić information content (AvgIpc) is 1.61. The lowest BCUT2D eigenvalue weighted by Gasteiger charge is -2.01. The van der Waals surface area contributed by atoms with Crippen molar-refractivity contribution in [3.05, 3.63) is 12.3 Å². The Balaban J connectivity index is 2.97. The molecule has 0 spiro atoms. The Labute approximate surface area is 44.6 Å². The highest BCUT2D eigenvalue weighted by Crippen LogP contribution is 1.71. The van der Waals surface area contributed by atoms with Crippen LogP contribution in [0.2, 0.25) is 0 Å². The summed E-state index contributed by atoms with van der Waals surface area (Å²) in [6.07, 6.45) is 3.46. The van der Waals surface area contributed by atoms with Gasteiger partial charge in [0.15, 0.2) is 0 Å². The molecule has 0 saturated carbocycles. The molecule has 0 aromatic carbocycles. The number of rotatable bonds is 2. The minimum absolute atomic E-state index is 0.927. The first kappa shape index (κ1) is 6.50. The van der Waals surface area contributed by atoms with E-state index in [0.717, 1.165) is 6.54 Å². The Morgan fingerprint density at radius 3 is 2.29 bits per heavy atom. The van der Waals surface area contributed by atoms with Gasteiger partial charge in [-0.15, -0.1) is 0 Å². The van der Waals surface area contributed by atoms with Gasteiger partial charge in [-0.1, -0.05) is 6.08 Å². The fourth-order valence-corrected chi connectivity index (χ4v) is 0.272. The zero-order valence-electron chi connectivity index (χ0n) is 4.89. The largest absolute Gasteiger partial charge is 0.405 e. The molecule has 0 amide bonds. The summed E-state index contributed by atoms with van der Waals surface area (Å²) >= 11 is 0. The zero-order chi connectivity index (χ0) is 5.70. The van der Waals surface area contributed by atoms with E-state index in [1.54, 1.807) is 6.20 Å². The van der Waals surface area contributed by atoms with Gasteiger partial charge in [0, 0.05) is 6.54 Å². The molecule has 0 atom stereocenters. The third kappa shape index (κ3) is 5.50. The van der Waals surface area contributed by atoms with Crippen molar-refractivity contribution >= 4 is 0 Å². The maximum absolute atomic E-state index is 5.07. The highest BCUT2D eigenvalue weighted by Gasteiger charge is 1.77. The van der Waals surface area contributed by atoms with Gasteiger partial charge in [-0.25, -0.2) is 0 Å². The van der Waals surface area contributed by atoms with Crippen molar-refractivity contribution in [2.75, 3.05) is 20.6 Å². The Morgan fingerprint density at radius 2 is 2.14 bits per heavy atom. The van der Waals surface area contributed by atoms with Crippen molar-refractivity contribution in [3.8, 4) is 0 Å². The minimum Gasteiger partial charge on any atom is -0.405 e. The fraction of sp³-hybridized carbons (Fsp3) is 0.600. The molecule has 0 aromatic heterocycles. The highest BCUT2D eigenvalue weighted by atomic mass is 15.0. The van der Waals surface area contributed by atoms with Crippen molar-refractivity contribution in [3.63, 3.8) is 0 Å². The standard InChI is InChI=1S/C5H12N2/c1-7(2)5-3-4-6/h3-4H,5-6H2,1-2H3. The lowest BCUT2D eigenvalue weighted by atomic mass is 10.6. The SMILES string of the molecule is CN(C)CC=CN. The Bertz CT molecular complexity index is 57.1. The van der Waals surface area contributed by atoms with Gasteiger partial charge in [0.2, 0.25) is 0 Å². The van der Waals surface area contributed by atoms with Crippen LogP contribution < -0.4 is 5.73 Å². The van der Waals surface area contributed by atoms with Crippen molar-refractivity contribution in [2.24, 2.45) is 5.73 Å². The van der Waals surface area contributed by atoms with E-state index in [2.05, 4.69) is 0 Å². The quantitative estimate of drug-likeness (QED) is 0.530. The van der Waals surface area contributed by atoms with Gasteiger partial charge in [0.1, 0.15) is 0 Å². The van der Waals surface area contributed by atoms with E-state index in [4.69, 9.17) is 5.73 Å². The number of nitrogens with zero attached hydrogens (tertiary/aromatic N) is 1. The van der Waals surface area contributed by atoms with E-state index in [1.165, 1.54) is 0 Å². The molecule has 0 aliphatic carbocycles. The van der Waals surface area contributed by atoms with E-state index >= 15 is 0 Å². The molecule has 2 nitrogen and oxygen atoms in total. The van der Waals surface area contributed by atoms with Gasteiger partial charge >= 0.3 is 0 Å². The summed E-state index contributed by atoms with van der Waals surface area (Å²) < 4.78 is 0. The van der Waals surface area contributed by atoms with Crippen LogP contribution in [0.15, 0.2) is 12.3 Å². The molecule has 42 valence electrons. The molecule has 0 bridgehead atoms. The molecule has 0 heterocycles. The smallest absolute Gasteiger partial charge is 0.0174 e. The van der Waals surface area contributed by atoms with Crippen LogP contribution in [-0.2, 0) is 0 Å². The van der Waals surface area contributed by atoms with Crippen LogP contribution in [0.4, 0.5) is 0 Å². The van der Waals surface area contributed by atoms with Gasteiger partial charge in [0.25, 0.3) is 0 Å². The molecule has 7 heavy (non-hydrogen) atoms. The fourth-order valence-electron chi connectivity index (χ4n) is 0.272. The van der Waals surface area contributed by atoms with Crippen LogP contribution in [0.3, 0.4) is 0 Å². The van der Waals surface area contributed by atoms with Crippen LogP contribution in [0.25, 0.3) is 0 Å². The van der Waals surface area contributed by atoms with Gasteiger partial charge < -0.3 is 10.6 Å². The molecule has 0 aliphatic rings. The lowest BCUT2D eigenvalue weighted by molar-refractivity contribution is 0.456. The molecule has 0 saturated heterocycles. The number of likely N-dealkylation sites (N-methyl/N-ethyl adjacent to an activating group) is 1. The Kier molecular flexibility index (Phi) is 3.42. The van der Waals surface area contributed by atoms with Crippen LogP contribution in [0, 0.1) is 0 Å². The van der Waals surface area contributed by atoms with E-state index < -0.39 is 0 Å². The van der Waals surface area contributed by atoms with E-state index in [-0.39, 0.29) is 0 Å². The predicted octanol–water partition coefficient (Wildman–Crippen LogP) is 0.0204. The van der Waals surface area contributed by atoms with Gasteiger partial charge in [0.05, 0.1) is 0 Å². The molecule has 0 radical (unpaired) electrons. The van der Waals surface area contributed by atoms with Gasteiger partial charge in [-0.05, 0) is 20.3 Å². The Hall–Kier alpha value is -0.500. The normalized spacial score (nSPS) is 11.3. The maximum atomic E-state index is 5.07. The Morgan fingerprint density at radius 1 is 1.57 bits per heavy atom. The summed E-state index contributed by atoms with van der Waals surface area (Å²) in [5.41, 5.74) is 5.07. The van der Waals surface area contributed by atoms with Crippen molar-refractivity contribution in [1.82, 2.24) is 4.90 Å². The molecule has 2 N–H and O–H groups in total. The summed E-state index contributed by atoms with van der Waals surface area (Å²) in [6, 6.07) is 0. The highest BCUT2D eigenvalue weighted by molar-refractivity contribution is 4.77. The molecule has 0 rings (SSSR count). The van der Waals surface area contributed by atoms with E-state index in [0.29, 0.717) is 0 Å². The molecular formula is C5H12N2. The second-order valence-electron chi connectivity index (χ2n) is 1.69. The summed E-state index contributed by atoms with van der Waals surface area (Å²) in [7, 11) is 4.00. The topological polar surface area (TPSA) is 29.3 Å². The third-order valence-electron chi connectivity index (χ3n) is 0.607. The van der Waals surface area contributed by atoms with Gasteiger partial charge in [-0.2, -0.15) is 0 Å². The summed E-state index contributed by atoms with van der Waals surface area (Å²) in [4.78, 5) is 2.04. The lowest BCUT2D eigenvalue weighted by Crippen LogP contribution is -2.10. The second-order valence-corrected chi connectivity index (χ2v) is 1.69. The second kappa shape index (κ2) is 3.68. The first-order valence-corrected chi connectivity index (χ1v) is 2.29. The van der Waals surface area contributed by atoms with E-state index in [9.17, 15) is 0 Å². The third-order valence-corrected chi connectivity index (χ3v) is 0.607. The minimum atomic E-state index is 0.927. The first-order chi connectivity index (χ1) is 3.27. The predicted molar refractivity (Wildman–Crippen MR) is 31.9 cm³/mol. The molecule has 0 aromatic rings. The molecule has 0 unspecified atom stereocenters. The van der Waals surface area contributed by atoms with E-state index in [1.807, 2.05) is 25.1 Å². The monoisotopic (exact) mass is 100 g/mol. The van der Waals surface area contributed by atoms with Crippen molar-refractivity contribution in [2.45, 2.75) is 0 Å². The van der Waals surface area contributed by atoms with Crippen molar-refractivity contribution in [1.29, 1.82) is 0 Å². The molecule has 2 heteroatoms. The number of nitrogens with two attached hydrogens (primary N) is 1. The van der Waals surface area contributed by atoms with Crippen LogP contribution >= 0.6 is 0 Å². The van der Waals surface area contributed by atoms with Crippen LogP contribution in [0.1, 0.15) is 0 Å².